The van der Waals surface area contributed by atoms with Gasteiger partial charge in [0.25, 0.3) is 5.91 Å². The monoisotopic (exact) mass is 343 g/mol. The summed E-state index contributed by atoms with van der Waals surface area (Å²) in [6, 6.07) is 13.2. The minimum absolute atomic E-state index is 0.0125. The summed E-state index contributed by atoms with van der Waals surface area (Å²) in [5.41, 5.74) is 1.94. The van der Waals surface area contributed by atoms with E-state index >= 15 is 0 Å². The number of rotatable bonds is 6. The SMILES string of the molecule is O=C(c1cccc(CO)c1)N(Cc1cccc(F)c1)C[C@@H]1CCCO1. The number of nitrogens with zero attached hydrogens (tertiary/aromatic N) is 1. The second-order valence-electron chi connectivity index (χ2n) is 6.31. The lowest BCUT2D eigenvalue weighted by Crippen LogP contribution is -2.37. The van der Waals surface area contributed by atoms with E-state index in [1.54, 1.807) is 35.2 Å². The summed E-state index contributed by atoms with van der Waals surface area (Å²) in [5.74, 6) is -0.459. The fourth-order valence-electron chi connectivity index (χ4n) is 3.09. The molecule has 132 valence electrons. The van der Waals surface area contributed by atoms with Gasteiger partial charge in [-0.2, -0.15) is 0 Å². The summed E-state index contributed by atoms with van der Waals surface area (Å²) >= 11 is 0. The van der Waals surface area contributed by atoms with Crippen LogP contribution in [0.3, 0.4) is 0 Å². The van der Waals surface area contributed by atoms with Crippen molar-refractivity contribution < 1.29 is 19.0 Å². The first-order valence-electron chi connectivity index (χ1n) is 8.51. The van der Waals surface area contributed by atoms with Gasteiger partial charge >= 0.3 is 0 Å². The molecular weight excluding hydrogens is 321 g/mol. The van der Waals surface area contributed by atoms with Crippen LogP contribution in [0.1, 0.15) is 34.3 Å². The maximum absolute atomic E-state index is 13.5. The predicted octanol–water partition coefficient (Wildman–Crippen LogP) is 3.14. The fourth-order valence-corrected chi connectivity index (χ4v) is 3.09. The number of carbonyl (C=O) groups is 1. The molecule has 1 fully saturated rings. The first-order valence-corrected chi connectivity index (χ1v) is 8.51. The van der Waals surface area contributed by atoms with Crippen molar-refractivity contribution in [1.29, 1.82) is 0 Å². The second kappa shape index (κ2) is 8.23. The van der Waals surface area contributed by atoms with Gasteiger partial charge in [0.2, 0.25) is 0 Å². The molecule has 1 aliphatic rings. The highest BCUT2D eigenvalue weighted by Crippen LogP contribution is 2.18. The minimum Gasteiger partial charge on any atom is -0.392 e. The Morgan fingerprint density at radius 1 is 1.20 bits per heavy atom. The quantitative estimate of drug-likeness (QED) is 0.877. The molecule has 0 unspecified atom stereocenters. The van der Waals surface area contributed by atoms with Crippen molar-refractivity contribution in [2.75, 3.05) is 13.2 Å². The lowest BCUT2D eigenvalue weighted by Gasteiger charge is -2.26. The molecule has 2 aromatic carbocycles. The van der Waals surface area contributed by atoms with Gasteiger partial charge in [-0.1, -0.05) is 24.3 Å². The first kappa shape index (κ1) is 17.6. The number of aliphatic hydroxyl groups excluding tert-OH is 1. The number of hydrogen-bond acceptors (Lipinski definition) is 3. The summed E-state index contributed by atoms with van der Waals surface area (Å²) in [6.45, 7) is 1.39. The van der Waals surface area contributed by atoms with Crippen LogP contribution in [0.5, 0.6) is 0 Å². The van der Waals surface area contributed by atoms with Gasteiger partial charge in [0.15, 0.2) is 0 Å². The van der Waals surface area contributed by atoms with Crippen molar-refractivity contribution in [3.8, 4) is 0 Å². The molecule has 0 aromatic heterocycles. The van der Waals surface area contributed by atoms with Crippen LogP contribution in [0, 0.1) is 5.82 Å². The summed E-state index contributed by atoms with van der Waals surface area (Å²) in [4.78, 5) is 14.7. The first-order chi connectivity index (χ1) is 12.2. The number of amides is 1. The number of halogens is 1. The predicted molar refractivity (Wildman–Crippen MR) is 92.5 cm³/mol. The highest BCUT2D eigenvalue weighted by atomic mass is 19.1. The molecule has 25 heavy (non-hydrogen) atoms. The Hall–Kier alpha value is -2.24. The molecule has 1 N–H and O–H groups in total. The number of hydrogen-bond donors (Lipinski definition) is 1. The van der Waals surface area contributed by atoms with E-state index in [0.717, 1.165) is 18.4 Å². The molecule has 0 spiro atoms. The third-order valence-electron chi connectivity index (χ3n) is 4.35. The van der Waals surface area contributed by atoms with E-state index in [4.69, 9.17) is 4.74 Å². The van der Waals surface area contributed by atoms with Gasteiger partial charge in [-0.15, -0.1) is 0 Å². The van der Waals surface area contributed by atoms with Crippen LogP contribution in [0.25, 0.3) is 0 Å². The van der Waals surface area contributed by atoms with Crippen molar-refractivity contribution in [2.45, 2.75) is 32.1 Å². The molecule has 1 aliphatic heterocycles. The third-order valence-corrected chi connectivity index (χ3v) is 4.35. The minimum atomic E-state index is -0.315. The van der Waals surface area contributed by atoms with E-state index in [9.17, 15) is 14.3 Å². The third kappa shape index (κ3) is 4.65. The van der Waals surface area contributed by atoms with Crippen molar-refractivity contribution in [3.05, 3.63) is 71.0 Å². The normalized spacial score (nSPS) is 16.8. The van der Waals surface area contributed by atoms with Gasteiger partial charge in [0.05, 0.1) is 12.7 Å². The Morgan fingerprint density at radius 2 is 2.00 bits per heavy atom. The highest BCUT2D eigenvalue weighted by molar-refractivity contribution is 5.94. The van der Waals surface area contributed by atoms with Gasteiger partial charge in [-0.3, -0.25) is 4.79 Å². The van der Waals surface area contributed by atoms with E-state index in [1.807, 2.05) is 6.07 Å². The molecular formula is C20H22FNO3. The van der Waals surface area contributed by atoms with E-state index < -0.39 is 0 Å². The molecule has 1 amide bonds. The van der Waals surface area contributed by atoms with Gasteiger partial charge in [-0.25, -0.2) is 4.39 Å². The fraction of sp³-hybridized carbons (Fsp3) is 0.350. The Kier molecular flexibility index (Phi) is 5.79. The zero-order chi connectivity index (χ0) is 17.6. The molecule has 0 saturated carbocycles. The lowest BCUT2D eigenvalue weighted by molar-refractivity contribution is 0.0507. The van der Waals surface area contributed by atoms with Gasteiger partial charge in [-0.05, 0) is 48.2 Å². The van der Waals surface area contributed by atoms with Crippen molar-refractivity contribution in [3.63, 3.8) is 0 Å². The maximum Gasteiger partial charge on any atom is 0.254 e. The molecule has 0 radical (unpaired) electrons. The van der Waals surface area contributed by atoms with E-state index in [2.05, 4.69) is 0 Å². The zero-order valence-electron chi connectivity index (χ0n) is 14.0. The molecule has 3 rings (SSSR count). The van der Waals surface area contributed by atoms with Gasteiger partial charge < -0.3 is 14.7 Å². The summed E-state index contributed by atoms with van der Waals surface area (Å²) in [6.07, 6.45) is 1.93. The molecule has 0 bridgehead atoms. The summed E-state index contributed by atoms with van der Waals surface area (Å²) in [5, 5.41) is 9.29. The van der Waals surface area contributed by atoms with Crippen LogP contribution in [0.15, 0.2) is 48.5 Å². The molecule has 1 heterocycles. The van der Waals surface area contributed by atoms with Crippen LogP contribution in [-0.2, 0) is 17.9 Å². The zero-order valence-corrected chi connectivity index (χ0v) is 14.0. The summed E-state index contributed by atoms with van der Waals surface area (Å²) in [7, 11) is 0. The van der Waals surface area contributed by atoms with E-state index in [0.29, 0.717) is 30.8 Å². The molecule has 2 aromatic rings. The maximum atomic E-state index is 13.5. The van der Waals surface area contributed by atoms with Crippen LogP contribution in [-0.4, -0.2) is 35.2 Å². The van der Waals surface area contributed by atoms with E-state index in [1.165, 1.54) is 12.1 Å². The molecule has 0 aliphatic carbocycles. The summed E-state index contributed by atoms with van der Waals surface area (Å²) < 4.78 is 19.2. The standard InChI is InChI=1S/C20H22FNO3/c21-18-7-2-4-15(11-18)12-22(13-19-8-3-9-25-19)20(24)17-6-1-5-16(10-17)14-23/h1-2,4-7,10-11,19,23H,3,8-9,12-14H2/t19-/m0/s1. The van der Waals surface area contributed by atoms with Gasteiger partial charge in [0, 0.05) is 25.3 Å². The molecule has 1 atom stereocenters. The number of benzene rings is 2. The van der Waals surface area contributed by atoms with Crippen LogP contribution < -0.4 is 0 Å². The smallest absolute Gasteiger partial charge is 0.254 e. The van der Waals surface area contributed by atoms with Crippen LogP contribution in [0.2, 0.25) is 0 Å². The molecule has 4 nitrogen and oxygen atoms in total. The Balaban J connectivity index is 1.82. The Labute approximate surface area is 146 Å². The highest BCUT2D eigenvalue weighted by Gasteiger charge is 2.24. The molecule has 1 saturated heterocycles. The van der Waals surface area contributed by atoms with Crippen molar-refractivity contribution in [2.24, 2.45) is 0 Å². The molecule has 5 heteroatoms. The second-order valence-corrected chi connectivity index (χ2v) is 6.31. The van der Waals surface area contributed by atoms with Crippen molar-refractivity contribution >= 4 is 5.91 Å². The van der Waals surface area contributed by atoms with Crippen LogP contribution in [0.4, 0.5) is 4.39 Å². The van der Waals surface area contributed by atoms with Crippen LogP contribution >= 0.6 is 0 Å². The Bertz CT molecular complexity index is 728. The lowest BCUT2D eigenvalue weighted by atomic mass is 10.1. The largest absolute Gasteiger partial charge is 0.392 e. The Morgan fingerprint density at radius 3 is 2.72 bits per heavy atom. The number of aliphatic hydroxyl groups is 1. The van der Waals surface area contributed by atoms with Crippen molar-refractivity contribution in [1.82, 2.24) is 4.90 Å². The number of ether oxygens (including phenoxy) is 1. The average molecular weight is 343 g/mol. The number of carbonyl (C=O) groups excluding carboxylic acids is 1. The average Bonchev–Trinajstić information content (AvgIpc) is 3.14. The van der Waals surface area contributed by atoms with Gasteiger partial charge in [0.1, 0.15) is 5.82 Å². The van der Waals surface area contributed by atoms with E-state index in [-0.39, 0.29) is 24.4 Å². The topological polar surface area (TPSA) is 49.8 Å².